The fraction of sp³-hybridized carbons (Fsp3) is 0.308. The molecule has 17 heavy (non-hydrogen) atoms. The van der Waals surface area contributed by atoms with Gasteiger partial charge in [0.05, 0.1) is 5.84 Å². The van der Waals surface area contributed by atoms with Gasteiger partial charge in [0.2, 0.25) is 0 Å². The van der Waals surface area contributed by atoms with Crippen molar-refractivity contribution in [1.29, 1.82) is 5.41 Å². The maximum atomic E-state index is 7.70. The zero-order chi connectivity index (χ0) is 12.4. The van der Waals surface area contributed by atoms with Gasteiger partial charge in [-0.15, -0.1) is 0 Å². The van der Waals surface area contributed by atoms with Crippen molar-refractivity contribution in [3.63, 3.8) is 0 Å². The summed E-state index contributed by atoms with van der Waals surface area (Å²) in [5.74, 6) is 0.548. The molecule has 2 rings (SSSR count). The van der Waals surface area contributed by atoms with Crippen LogP contribution in [0.2, 0.25) is 10.0 Å². The van der Waals surface area contributed by atoms with Crippen LogP contribution in [0, 0.1) is 5.41 Å². The third kappa shape index (κ3) is 3.02. The molecule has 2 nitrogen and oxygen atoms in total. The predicted molar refractivity (Wildman–Crippen MR) is 73.8 cm³/mol. The number of hydrogen-bond acceptors (Lipinski definition) is 1. The van der Waals surface area contributed by atoms with E-state index in [1.807, 2.05) is 35.4 Å². The highest BCUT2D eigenvalue weighted by molar-refractivity contribution is 6.37. The van der Waals surface area contributed by atoms with Crippen LogP contribution in [-0.2, 0) is 0 Å². The van der Waals surface area contributed by atoms with Crippen LogP contribution in [-0.4, -0.2) is 16.8 Å². The van der Waals surface area contributed by atoms with E-state index in [9.17, 15) is 0 Å². The average Bonchev–Trinajstić information content (AvgIpc) is 3.06. The summed E-state index contributed by atoms with van der Waals surface area (Å²) < 4.78 is 0. The van der Waals surface area contributed by atoms with E-state index in [2.05, 4.69) is 0 Å². The maximum absolute atomic E-state index is 7.70. The second kappa shape index (κ2) is 5.11. The third-order valence-corrected chi connectivity index (χ3v) is 3.39. The van der Waals surface area contributed by atoms with Crippen molar-refractivity contribution < 1.29 is 0 Å². The van der Waals surface area contributed by atoms with Gasteiger partial charge in [0.25, 0.3) is 0 Å². The fourth-order valence-corrected chi connectivity index (χ4v) is 2.21. The Kier molecular flexibility index (Phi) is 3.75. The van der Waals surface area contributed by atoms with Gasteiger partial charge in [-0.2, -0.15) is 0 Å². The van der Waals surface area contributed by atoms with E-state index in [1.54, 1.807) is 6.92 Å². The van der Waals surface area contributed by atoms with Gasteiger partial charge in [0.15, 0.2) is 0 Å². The van der Waals surface area contributed by atoms with E-state index in [-0.39, 0.29) is 0 Å². The third-order valence-electron chi connectivity index (χ3n) is 2.73. The Hall–Kier alpha value is -0.990. The number of hydrogen-bond donors (Lipinski definition) is 1. The Labute approximate surface area is 111 Å². The number of nitrogens with one attached hydrogen (secondary N) is 1. The molecule has 90 valence electrons. The quantitative estimate of drug-likeness (QED) is 0.638. The molecule has 0 unspecified atom stereocenters. The second-order valence-corrected chi connectivity index (χ2v) is 4.99. The van der Waals surface area contributed by atoms with Crippen LogP contribution in [0.25, 0.3) is 6.08 Å². The molecule has 0 saturated heterocycles. The Bertz CT molecular complexity index is 444. The smallest absolute Gasteiger partial charge is 0.0968 e. The number of nitrogens with zero attached hydrogens (tertiary/aromatic N) is 1. The minimum atomic E-state index is 0.477. The highest BCUT2D eigenvalue weighted by Gasteiger charge is 2.27. The van der Waals surface area contributed by atoms with Gasteiger partial charge in [-0.1, -0.05) is 29.3 Å². The molecule has 0 aliphatic heterocycles. The van der Waals surface area contributed by atoms with Gasteiger partial charge in [-0.3, -0.25) is 5.41 Å². The van der Waals surface area contributed by atoms with Gasteiger partial charge in [-0.25, -0.2) is 0 Å². The first-order valence-corrected chi connectivity index (χ1v) is 6.31. The minimum absolute atomic E-state index is 0.477. The SMILES string of the molecule is CC(=N)N(C=Cc1c(Cl)cccc1Cl)C1CC1. The molecule has 0 bridgehead atoms. The lowest BCUT2D eigenvalue weighted by atomic mass is 10.2. The molecule has 1 N–H and O–H groups in total. The molecule has 0 atom stereocenters. The zero-order valence-electron chi connectivity index (χ0n) is 9.58. The van der Waals surface area contributed by atoms with Crippen molar-refractivity contribution in [3.8, 4) is 0 Å². The van der Waals surface area contributed by atoms with E-state index in [1.165, 1.54) is 0 Å². The molecule has 1 aliphatic carbocycles. The molecule has 0 spiro atoms. The molecule has 0 heterocycles. The Morgan fingerprint density at radius 2 is 1.94 bits per heavy atom. The first-order valence-electron chi connectivity index (χ1n) is 5.55. The normalized spacial score (nSPS) is 15.2. The van der Waals surface area contributed by atoms with Gasteiger partial charge < -0.3 is 4.90 Å². The summed E-state index contributed by atoms with van der Waals surface area (Å²) in [7, 11) is 0. The molecule has 0 amide bonds. The average molecular weight is 269 g/mol. The van der Waals surface area contributed by atoms with Crippen molar-refractivity contribution in [3.05, 3.63) is 40.0 Å². The van der Waals surface area contributed by atoms with E-state index in [4.69, 9.17) is 28.6 Å². The van der Waals surface area contributed by atoms with E-state index in [0.717, 1.165) is 18.4 Å². The van der Waals surface area contributed by atoms with Gasteiger partial charge in [0.1, 0.15) is 0 Å². The van der Waals surface area contributed by atoms with Crippen LogP contribution in [0.5, 0.6) is 0 Å². The zero-order valence-corrected chi connectivity index (χ0v) is 11.1. The summed E-state index contributed by atoms with van der Waals surface area (Å²) >= 11 is 12.2. The summed E-state index contributed by atoms with van der Waals surface area (Å²) in [4.78, 5) is 1.96. The van der Waals surface area contributed by atoms with Crippen molar-refractivity contribution in [2.45, 2.75) is 25.8 Å². The lowest BCUT2D eigenvalue weighted by Gasteiger charge is -2.17. The summed E-state index contributed by atoms with van der Waals surface area (Å²) in [6.07, 6.45) is 6.07. The highest BCUT2D eigenvalue weighted by Crippen LogP contribution is 2.29. The van der Waals surface area contributed by atoms with E-state index < -0.39 is 0 Å². The number of rotatable bonds is 3. The van der Waals surface area contributed by atoms with E-state index in [0.29, 0.717) is 21.9 Å². The molecule has 1 aromatic carbocycles. The predicted octanol–water partition coefficient (Wildman–Crippen LogP) is 4.43. The van der Waals surface area contributed by atoms with Crippen LogP contribution >= 0.6 is 23.2 Å². The molecular formula is C13H14Cl2N2. The first-order chi connectivity index (χ1) is 8.09. The standard InChI is InChI=1S/C13H14Cl2N2/c1-9(16)17(10-5-6-10)8-7-11-12(14)3-2-4-13(11)15/h2-4,7-8,10,16H,5-6H2,1H3. The van der Waals surface area contributed by atoms with Crippen LogP contribution in [0.3, 0.4) is 0 Å². The van der Waals surface area contributed by atoms with Crippen LogP contribution < -0.4 is 0 Å². The number of benzene rings is 1. The molecule has 0 aromatic heterocycles. The van der Waals surface area contributed by atoms with Gasteiger partial charge in [0, 0.05) is 27.9 Å². The number of halogens is 2. The summed E-state index contributed by atoms with van der Waals surface area (Å²) in [6.45, 7) is 1.79. The van der Waals surface area contributed by atoms with Crippen molar-refractivity contribution >= 4 is 35.1 Å². The second-order valence-electron chi connectivity index (χ2n) is 4.17. The fourth-order valence-electron chi connectivity index (χ4n) is 1.68. The number of amidine groups is 1. The molecule has 0 radical (unpaired) electrons. The van der Waals surface area contributed by atoms with Crippen molar-refractivity contribution in [2.75, 3.05) is 0 Å². The summed E-state index contributed by atoms with van der Waals surface area (Å²) in [5.41, 5.74) is 0.808. The van der Waals surface area contributed by atoms with Crippen LogP contribution in [0.1, 0.15) is 25.3 Å². The summed E-state index contributed by atoms with van der Waals surface area (Å²) in [5, 5.41) is 8.97. The lowest BCUT2D eigenvalue weighted by Crippen LogP contribution is -2.24. The monoisotopic (exact) mass is 268 g/mol. The van der Waals surface area contributed by atoms with E-state index >= 15 is 0 Å². The van der Waals surface area contributed by atoms with Gasteiger partial charge >= 0.3 is 0 Å². The molecule has 1 aliphatic rings. The molecular weight excluding hydrogens is 255 g/mol. The Morgan fingerprint density at radius 3 is 2.41 bits per heavy atom. The topological polar surface area (TPSA) is 27.1 Å². The largest absolute Gasteiger partial charge is 0.334 e. The van der Waals surface area contributed by atoms with Crippen LogP contribution in [0.4, 0.5) is 0 Å². The van der Waals surface area contributed by atoms with Crippen LogP contribution in [0.15, 0.2) is 24.4 Å². The molecule has 4 heteroatoms. The molecule has 1 aromatic rings. The summed E-state index contributed by atoms with van der Waals surface area (Å²) in [6, 6.07) is 5.92. The lowest BCUT2D eigenvalue weighted by molar-refractivity contribution is 0.543. The minimum Gasteiger partial charge on any atom is -0.334 e. The maximum Gasteiger partial charge on any atom is 0.0968 e. The van der Waals surface area contributed by atoms with Crippen molar-refractivity contribution in [2.24, 2.45) is 0 Å². The first kappa shape index (κ1) is 12.5. The van der Waals surface area contributed by atoms with Gasteiger partial charge in [-0.05, 0) is 38.0 Å². The highest BCUT2D eigenvalue weighted by atomic mass is 35.5. The molecule has 1 saturated carbocycles. The van der Waals surface area contributed by atoms with Crippen molar-refractivity contribution in [1.82, 2.24) is 4.90 Å². The molecule has 1 fully saturated rings. The Balaban J connectivity index is 2.21. The Morgan fingerprint density at radius 1 is 1.35 bits per heavy atom.